The van der Waals surface area contributed by atoms with Crippen LogP contribution >= 0.6 is 0 Å². The van der Waals surface area contributed by atoms with Crippen LogP contribution in [-0.2, 0) is 11.8 Å². The second-order valence-electron chi connectivity index (χ2n) is 5.38. The monoisotopic (exact) mass is 342 g/mol. The van der Waals surface area contributed by atoms with Crippen LogP contribution in [0.5, 0.6) is 0 Å². The molecule has 6 nitrogen and oxygen atoms in total. The molecule has 3 N–H and O–H groups in total. The van der Waals surface area contributed by atoms with E-state index in [9.17, 15) is 22.8 Å². The summed E-state index contributed by atoms with van der Waals surface area (Å²) in [5.74, 6) is -2.61. The van der Waals surface area contributed by atoms with E-state index in [0.29, 0.717) is 11.4 Å². The van der Waals surface area contributed by atoms with Gasteiger partial charge in [0.2, 0.25) is 0 Å². The topological polar surface area (TPSA) is 82.1 Å². The maximum Gasteiger partial charge on any atom is 0.471 e. The number of nitrogens with one attached hydrogen (secondary N) is 1. The van der Waals surface area contributed by atoms with Crippen molar-refractivity contribution in [1.82, 2.24) is 14.7 Å². The number of aromatic nitrogens is 2. The molecule has 0 aliphatic rings. The summed E-state index contributed by atoms with van der Waals surface area (Å²) < 4.78 is 39.6. The van der Waals surface area contributed by atoms with Crippen molar-refractivity contribution in [3.8, 4) is 5.69 Å². The van der Waals surface area contributed by atoms with Gasteiger partial charge in [-0.2, -0.15) is 13.2 Å². The molecule has 0 saturated heterocycles. The Morgan fingerprint density at radius 2 is 1.88 bits per heavy atom. The molecule has 0 aliphatic carbocycles. The Kier molecular flexibility index (Phi) is 4.72. The van der Waals surface area contributed by atoms with Crippen LogP contribution in [0.25, 0.3) is 5.69 Å². The lowest BCUT2D eigenvalue weighted by atomic mass is 10.1. The maximum atomic E-state index is 12.4. The number of nitrogens with two attached hydrogens (primary N) is 1. The van der Waals surface area contributed by atoms with Gasteiger partial charge in [-0.3, -0.25) is 14.3 Å². The number of benzene rings is 1. The van der Waals surface area contributed by atoms with Crippen molar-refractivity contribution in [2.45, 2.75) is 19.0 Å². The SMILES string of the molecule is C[C@H](CNC(=O)C(F)(F)F)c1c(N)c(=O)n(-c2ccccc2)n1C. The van der Waals surface area contributed by atoms with E-state index in [1.165, 1.54) is 9.36 Å². The molecule has 9 heteroatoms. The summed E-state index contributed by atoms with van der Waals surface area (Å²) in [4.78, 5) is 23.3. The molecule has 2 aromatic rings. The smallest absolute Gasteiger partial charge is 0.393 e. The molecular weight excluding hydrogens is 325 g/mol. The molecule has 0 saturated carbocycles. The fraction of sp³-hybridized carbons (Fsp3) is 0.333. The Hall–Kier alpha value is -2.71. The van der Waals surface area contributed by atoms with Crippen molar-refractivity contribution in [3.05, 3.63) is 46.4 Å². The van der Waals surface area contributed by atoms with E-state index in [0.717, 1.165) is 0 Å². The van der Waals surface area contributed by atoms with Crippen LogP contribution in [0.15, 0.2) is 35.1 Å². The predicted molar refractivity (Wildman–Crippen MR) is 82.9 cm³/mol. The second-order valence-corrected chi connectivity index (χ2v) is 5.38. The van der Waals surface area contributed by atoms with E-state index >= 15 is 0 Å². The fourth-order valence-electron chi connectivity index (χ4n) is 2.53. The molecule has 24 heavy (non-hydrogen) atoms. The minimum Gasteiger partial charge on any atom is -0.393 e. The minimum absolute atomic E-state index is 0.0601. The Bertz CT molecular complexity index is 794. The number of hydrogen-bond acceptors (Lipinski definition) is 3. The molecule has 1 heterocycles. The number of carbonyl (C=O) groups excluding carboxylic acids is 1. The van der Waals surface area contributed by atoms with Gasteiger partial charge in [0.1, 0.15) is 5.69 Å². The van der Waals surface area contributed by atoms with Crippen molar-refractivity contribution in [2.75, 3.05) is 12.3 Å². The van der Waals surface area contributed by atoms with Gasteiger partial charge >= 0.3 is 12.1 Å². The Morgan fingerprint density at radius 1 is 1.29 bits per heavy atom. The van der Waals surface area contributed by atoms with Gasteiger partial charge in [0.05, 0.1) is 11.4 Å². The van der Waals surface area contributed by atoms with Crippen LogP contribution in [0.3, 0.4) is 0 Å². The Morgan fingerprint density at radius 3 is 2.42 bits per heavy atom. The molecule has 0 unspecified atom stereocenters. The zero-order chi connectivity index (χ0) is 18.1. The third kappa shape index (κ3) is 3.29. The normalized spacial score (nSPS) is 12.9. The molecule has 0 bridgehead atoms. The third-order valence-corrected chi connectivity index (χ3v) is 3.64. The number of amides is 1. The van der Waals surface area contributed by atoms with Gasteiger partial charge in [-0.25, -0.2) is 4.68 Å². The molecule has 1 aromatic carbocycles. The van der Waals surface area contributed by atoms with E-state index < -0.39 is 23.6 Å². The van der Waals surface area contributed by atoms with Crippen molar-refractivity contribution >= 4 is 11.6 Å². The summed E-state index contributed by atoms with van der Waals surface area (Å²) in [6.07, 6.45) is -4.95. The number of halogens is 3. The first-order chi connectivity index (χ1) is 11.1. The van der Waals surface area contributed by atoms with Gasteiger partial charge in [0, 0.05) is 19.5 Å². The number of anilines is 1. The lowest BCUT2D eigenvalue weighted by Crippen LogP contribution is -2.38. The Balaban J connectivity index is 2.32. The van der Waals surface area contributed by atoms with Crippen LogP contribution in [-0.4, -0.2) is 28.0 Å². The highest BCUT2D eigenvalue weighted by Gasteiger charge is 2.38. The van der Waals surface area contributed by atoms with E-state index in [1.54, 1.807) is 49.6 Å². The predicted octanol–water partition coefficient (Wildman–Crippen LogP) is 1.54. The van der Waals surface area contributed by atoms with Crippen molar-refractivity contribution in [2.24, 2.45) is 7.05 Å². The van der Waals surface area contributed by atoms with Crippen LogP contribution in [0.1, 0.15) is 18.5 Å². The standard InChI is InChI=1S/C15H17F3N4O2/c1-9(8-20-14(24)15(16,17)18)12-11(19)13(23)22(21(12)2)10-6-4-3-5-7-10/h3-7,9H,8,19H2,1-2H3,(H,20,24)/t9-/m1/s1. The molecule has 0 aliphatic heterocycles. The number of nitrogens with zero attached hydrogens (tertiary/aromatic N) is 2. The first-order valence-corrected chi connectivity index (χ1v) is 7.12. The average Bonchev–Trinajstić information content (AvgIpc) is 2.74. The Labute approximate surface area is 135 Å². The number of alkyl halides is 3. The van der Waals surface area contributed by atoms with E-state index in [1.807, 2.05) is 0 Å². The van der Waals surface area contributed by atoms with Crippen LogP contribution < -0.4 is 16.6 Å². The molecule has 0 radical (unpaired) electrons. The van der Waals surface area contributed by atoms with Crippen molar-refractivity contribution < 1.29 is 18.0 Å². The molecule has 2 rings (SSSR count). The highest BCUT2D eigenvalue weighted by Crippen LogP contribution is 2.21. The van der Waals surface area contributed by atoms with Crippen molar-refractivity contribution in [3.63, 3.8) is 0 Å². The zero-order valence-corrected chi connectivity index (χ0v) is 13.1. The largest absolute Gasteiger partial charge is 0.471 e. The zero-order valence-electron chi connectivity index (χ0n) is 13.1. The number of hydrogen-bond donors (Lipinski definition) is 2. The van der Waals surface area contributed by atoms with Crippen LogP contribution in [0, 0.1) is 0 Å². The minimum atomic E-state index is -4.95. The summed E-state index contributed by atoms with van der Waals surface area (Å²) in [6, 6.07) is 8.70. The van der Waals surface area contributed by atoms with E-state index in [4.69, 9.17) is 5.73 Å². The summed E-state index contributed by atoms with van der Waals surface area (Å²) >= 11 is 0. The molecule has 1 amide bonds. The quantitative estimate of drug-likeness (QED) is 0.884. The highest BCUT2D eigenvalue weighted by molar-refractivity contribution is 5.81. The average molecular weight is 342 g/mol. The number of rotatable bonds is 4. The van der Waals surface area contributed by atoms with Gasteiger partial charge in [-0.15, -0.1) is 0 Å². The van der Waals surface area contributed by atoms with Crippen molar-refractivity contribution in [1.29, 1.82) is 0 Å². The lowest BCUT2D eigenvalue weighted by molar-refractivity contribution is -0.173. The van der Waals surface area contributed by atoms with Crippen LogP contribution in [0.4, 0.5) is 18.9 Å². The highest BCUT2D eigenvalue weighted by atomic mass is 19.4. The summed E-state index contributed by atoms with van der Waals surface area (Å²) in [5, 5.41) is 1.80. The number of carbonyl (C=O) groups is 1. The van der Waals surface area contributed by atoms with Gasteiger partial charge in [0.15, 0.2) is 0 Å². The number of para-hydroxylation sites is 1. The second kappa shape index (κ2) is 6.42. The van der Waals surface area contributed by atoms with E-state index in [-0.39, 0.29) is 12.2 Å². The first-order valence-electron chi connectivity index (χ1n) is 7.12. The van der Waals surface area contributed by atoms with Gasteiger partial charge in [-0.1, -0.05) is 25.1 Å². The molecule has 0 fully saturated rings. The lowest BCUT2D eigenvalue weighted by Gasteiger charge is -2.16. The van der Waals surface area contributed by atoms with E-state index in [2.05, 4.69) is 0 Å². The van der Waals surface area contributed by atoms with Crippen LogP contribution in [0.2, 0.25) is 0 Å². The first kappa shape index (κ1) is 17.6. The van der Waals surface area contributed by atoms with Gasteiger partial charge < -0.3 is 11.1 Å². The summed E-state index contributed by atoms with van der Waals surface area (Å²) in [6.45, 7) is 1.28. The maximum absolute atomic E-state index is 12.4. The van der Waals surface area contributed by atoms with Gasteiger partial charge in [0.25, 0.3) is 5.56 Å². The molecule has 1 aromatic heterocycles. The molecular formula is C15H17F3N4O2. The van der Waals surface area contributed by atoms with Gasteiger partial charge in [-0.05, 0) is 12.1 Å². The molecule has 1 atom stereocenters. The third-order valence-electron chi connectivity index (χ3n) is 3.64. The fourth-order valence-corrected chi connectivity index (χ4v) is 2.53. The summed E-state index contributed by atoms with van der Waals surface area (Å²) in [7, 11) is 1.59. The number of nitrogen functional groups attached to an aromatic ring is 1. The molecule has 0 spiro atoms. The summed E-state index contributed by atoms with van der Waals surface area (Å²) in [5.41, 5.74) is 6.25. The molecule has 130 valence electrons.